The first kappa shape index (κ1) is 25.6. The van der Waals surface area contributed by atoms with Crippen molar-refractivity contribution < 1.29 is 14.3 Å². The number of aromatic nitrogens is 2. The molecule has 2 aromatic heterocycles. The topological polar surface area (TPSA) is 88.6 Å². The van der Waals surface area contributed by atoms with Crippen molar-refractivity contribution >= 4 is 17.4 Å². The van der Waals surface area contributed by atoms with Crippen molar-refractivity contribution in [2.24, 2.45) is 0 Å². The molecule has 0 aliphatic carbocycles. The van der Waals surface area contributed by atoms with Gasteiger partial charge in [0, 0.05) is 50.3 Å². The van der Waals surface area contributed by atoms with Gasteiger partial charge in [-0.25, -0.2) is 9.97 Å². The average molecular weight is 490 g/mol. The van der Waals surface area contributed by atoms with E-state index in [-0.39, 0.29) is 11.3 Å². The van der Waals surface area contributed by atoms with Crippen LogP contribution in [0.15, 0.2) is 60.9 Å². The minimum atomic E-state index is -0.212. The summed E-state index contributed by atoms with van der Waals surface area (Å²) in [5, 5.41) is 6.26. The molecule has 2 N–H and O–H groups in total. The monoisotopic (exact) mass is 489 g/mol. The van der Waals surface area contributed by atoms with Gasteiger partial charge < -0.3 is 20.1 Å². The molecule has 0 atom stereocenters. The highest BCUT2D eigenvalue weighted by Gasteiger charge is 2.15. The Hall–Kier alpha value is -3.49. The number of nitrogens with zero attached hydrogens (tertiary/aromatic N) is 3. The molecule has 1 amide bonds. The van der Waals surface area contributed by atoms with Gasteiger partial charge in [0.25, 0.3) is 5.91 Å². The number of hydrogen-bond donors (Lipinski definition) is 2. The normalized spacial score (nSPS) is 14.3. The number of ether oxygens (including phenoxy) is 2. The summed E-state index contributed by atoms with van der Waals surface area (Å²) in [6.07, 6.45) is 3.40. The summed E-state index contributed by atoms with van der Waals surface area (Å²) in [5.74, 6) is 0.893. The van der Waals surface area contributed by atoms with Crippen LogP contribution in [0.3, 0.4) is 0 Å². The molecule has 0 bridgehead atoms. The van der Waals surface area contributed by atoms with Crippen LogP contribution < -0.4 is 15.4 Å². The second-order valence-corrected chi connectivity index (χ2v) is 9.84. The maximum absolute atomic E-state index is 13.0. The van der Waals surface area contributed by atoms with Gasteiger partial charge in [0.2, 0.25) is 5.88 Å². The van der Waals surface area contributed by atoms with Gasteiger partial charge in [-0.3, -0.25) is 9.69 Å². The molecular formula is C28H35N5O3. The number of morpholine rings is 1. The number of hydrogen-bond acceptors (Lipinski definition) is 7. The highest BCUT2D eigenvalue weighted by molar-refractivity contribution is 6.07. The van der Waals surface area contributed by atoms with Crippen LogP contribution in [0.2, 0.25) is 0 Å². The third kappa shape index (κ3) is 7.26. The van der Waals surface area contributed by atoms with E-state index in [4.69, 9.17) is 9.47 Å². The smallest absolute Gasteiger partial charge is 0.259 e. The second-order valence-electron chi connectivity index (χ2n) is 9.84. The number of benzene rings is 1. The van der Waals surface area contributed by atoms with E-state index in [2.05, 4.69) is 46.3 Å². The van der Waals surface area contributed by atoms with Crippen molar-refractivity contribution in [1.29, 1.82) is 0 Å². The minimum absolute atomic E-state index is 0.0591. The van der Waals surface area contributed by atoms with Crippen LogP contribution in [0, 0.1) is 0 Å². The van der Waals surface area contributed by atoms with E-state index >= 15 is 0 Å². The van der Waals surface area contributed by atoms with Gasteiger partial charge >= 0.3 is 0 Å². The summed E-state index contributed by atoms with van der Waals surface area (Å²) in [7, 11) is 0. The molecule has 3 aromatic rings. The maximum Gasteiger partial charge on any atom is 0.259 e. The molecule has 8 nitrogen and oxygen atoms in total. The fourth-order valence-electron chi connectivity index (χ4n) is 3.91. The Morgan fingerprint density at radius 1 is 1.06 bits per heavy atom. The predicted molar refractivity (Wildman–Crippen MR) is 142 cm³/mol. The largest absolute Gasteiger partial charge is 0.476 e. The van der Waals surface area contributed by atoms with Crippen LogP contribution in [-0.2, 0) is 16.7 Å². The Morgan fingerprint density at radius 2 is 1.83 bits per heavy atom. The lowest BCUT2D eigenvalue weighted by molar-refractivity contribution is 0.0320. The Bertz CT molecular complexity index is 1140. The molecule has 0 unspecified atom stereocenters. The highest BCUT2D eigenvalue weighted by Crippen LogP contribution is 2.24. The van der Waals surface area contributed by atoms with Crippen molar-refractivity contribution in [3.8, 4) is 5.88 Å². The number of anilines is 2. The zero-order chi connectivity index (χ0) is 25.4. The molecule has 0 radical (unpaired) electrons. The fourth-order valence-corrected chi connectivity index (χ4v) is 3.91. The van der Waals surface area contributed by atoms with E-state index in [1.165, 1.54) is 5.56 Å². The molecule has 1 aliphatic heterocycles. The van der Waals surface area contributed by atoms with E-state index in [0.29, 0.717) is 30.4 Å². The minimum Gasteiger partial charge on any atom is -0.476 e. The number of carbonyl (C=O) groups is 1. The summed E-state index contributed by atoms with van der Waals surface area (Å²) in [4.78, 5) is 24.0. The average Bonchev–Trinajstić information content (AvgIpc) is 2.88. The quantitative estimate of drug-likeness (QED) is 0.462. The third-order valence-corrected chi connectivity index (χ3v) is 6.08. The van der Waals surface area contributed by atoms with Crippen LogP contribution in [0.1, 0.15) is 42.3 Å². The Balaban J connectivity index is 1.33. The SMILES string of the molecule is CC(C)(C)c1ccc(NC(=O)c2cccnc2NCc2ccnc(OCCN3CCOCC3)c2)cc1. The Labute approximate surface area is 213 Å². The third-order valence-electron chi connectivity index (χ3n) is 6.08. The number of amides is 1. The summed E-state index contributed by atoms with van der Waals surface area (Å²) in [6.45, 7) is 11.8. The van der Waals surface area contributed by atoms with Gasteiger partial charge in [-0.05, 0) is 46.9 Å². The summed E-state index contributed by atoms with van der Waals surface area (Å²) in [5.41, 5.74) is 3.49. The number of carbonyl (C=O) groups excluding carboxylic acids is 1. The van der Waals surface area contributed by atoms with Crippen molar-refractivity contribution in [3.05, 3.63) is 77.6 Å². The van der Waals surface area contributed by atoms with E-state index in [9.17, 15) is 4.79 Å². The van der Waals surface area contributed by atoms with Crippen molar-refractivity contribution in [3.63, 3.8) is 0 Å². The molecule has 1 aromatic carbocycles. The second kappa shape index (κ2) is 12.0. The summed E-state index contributed by atoms with van der Waals surface area (Å²) < 4.78 is 11.2. The van der Waals surface area contributed by atoms with Crippen LogP contribution >= 0.6 is 0 Å². The van der Waals surface area contributed by atoms with Crippen molar-refractivity contribution in [2.75, 3.05) is 50.1 Å². The molecule has 3 heterocycles. The van der Waals surface area contributed by atoms with Gasteiger partial charge in [-0.15, -0.1) is 0 Å². The van der Waals surface area contributed by atoms with Crippen LogP contribution in [0.25, 0.3) is 0 Å². The van der Waals surface area contributed by atoms with Gasteiger partial charge in [0.15, 0.2) is 0 Å². The Kier molecular flexibility index (Phi) is 8.51. The van der Waals surface area contributed by atoms with Gasteiger partial charge in [-0.2, -0.15) is 0 Å². The Morgan fingerprint density at radius 3 is 2.58 bits per heavy atom. The lowest BCUT2D eigenvalue weighted by Gasteiger charge is -2.26. The maximum atomic E-state index is 13.0. The van der Waals surface area contributed by atoms with E-state index < -0.39 is 0 Å². The molecule has 0 saturated carbocycles. The lowest BCUT2D eigenvalue weighted by atomic mass is 9.87. The molecular weight excluding hydrogens is 454 g/mol. The summed E-state index contributed by atoms with van der Waals surface area (Å²) >= 11 is 0. The van der Waals surface area contributed by atoms with E-state index in [1.54, 1.807) is 24.5 Å². The lowest BCUT2D eigenvalue weighted by Crippen LogP contribution is -2.38. The fraction of sp³-hybridized carbons (Fsp3) is 0.393. The van der Waals surface area contributed by atoms with Gasteiger partial charge in [-0.1, -0.05) is 32.9 Å². The number of rotatable bonds is 9. The number of pyridine rings is 2. The van der Waals surface area contributed by atoms with Crippen LogP contribution in [-0.4, -0.2) is 60.2 Å². The predicted octanol–water partition coefficient (Wildman–Crippen LogP) is 4.35. The molecule has 36 heavy (non-hydrogen) atoms. The molecule has 1 fully saturated rings. The van der Waals surface area contributed by atoms with Crippen molar-refractivity contribution in [1.82, 2.24) is 14.9 Å². The first-order valence-electron chi connectivity index (χ1n) is 12.4. The molecule has 1 saturated heterocycles. The first-order valence-corrected chi connectivity index (χ1v) is 12.4. The molecule has 1 aliphatic rings. The molecule has 4 rings (SSSR count). The van der Waals surface area contributed by atoms with Crippen LogP contribution in [0.5, 0.6) is 5.88 Å². The highest BCUT2D eigenvalue weighted by atomic mass is 16.5. The molecule has 0 spiro atoms. The molecule has 190 valence electrons. The zero-order valence-corrected chi connectivity index (χ0v) is 21.3. The van der Waals surface area contributed by atoms with Crippen LogP contribution in [0.4, 0.5) is 11.5 Å². The van der Waals surface area contributed by atoms with Gasteiger partial charge in [0.05, 0.1) is 18.8 Å². The summed E-state index contributed by atoms with van der Waals surface area (Å²) in [6, 6.07) is 15.3. The van der Waals surface area contributed by atoms with Gasteiger partial charge in [0.1, 0.15) is 12.4 Å². The zero-order valence-electron chi connectivity index (χ0n) is 21.3. The first-order chi connectivity index (χ1) is 17.4. The van der Waals surface area contributed by atoms with E-state index in [0.717, 1.165) is 44.1 Å². The molecule has 8 heteroatoms. The van der Waals surface area contributed by atoms with Crippen molar-refractivity contribution in [2.45, 2.75) is 32.7 Å². The number of nitrogens with one attached hydrogen (secondary N) is 2. The van der Waals surface area contributed by atoms with E-state index in [1.807, 2.05) is 36.4 Å². The standard InChI is InChI=1S/C28H35N5O3/c1-28(2,3)22-6-8-23(9-7-22)32-27(34)24-5-4-11-30-26(24)31-20-21-10-12-29-25(19-21)36-18-15-33-13-16-35-17-14-33/h4-12,19H,13-18,20H2,1-3H3,(H,30,31)(H,32,34).